The van der Waals surface area contributed by atoms with Crippen molar-refractivity contribution in [3.63, 3.8) is 0 Å². The van der Waals surface area contributed by atoms with E-state index in [1.54, 1.807) is 0 Å². The van der Waals surface area contributed by atoms with E-state index in [0.29, 0.717) is 12.6 Å². The molecule has 2 N–H and O–H groups in total. The number of hydrogen-bond acceptors (Lipinski definition) is 2. The van der Waals surface area contributed by atoms with Gasteiger partial charge in [0.05, 0.1) is 0 Å². The lowest BCUT2D eigenvalue weighted by Crippen LogP contribution is -2.45. The molecule has 2 rings (SSSR count). The smallest absolute Gasteiger partial charge is 0.0488 e. The average molecular weight is 346 g/mol. The second kappa shape index (κ2) is 6.57. The highest BCUT2D eigenvalue weighted by Crippen LogP contribution is 2.34. The first-order valence-electron chi connectivity index (χ1n) is 6.93. The van der Waals surface area contributed by atoms with Gasteiger partial charge in [-0.2, -0.15) is 0 Å². The van der Waals surface area contributed by atoms with E-state index >= 15 is 0 Å². The van der Waals surface area contributed by atoms with Crippen molar-refractivity contribution in [1.29, 1.82) is 0 Å². The van der Waals surface area contributed by atoms with Crippen LogP contribution in [0.15, 0.2) is 22.7 Å². The molecular formula is C15H22BrClN2. The van der Waals surface area contributed by atoms with Crippen LogP contribution in [0, 0.1) is 5.92 Å². The van der Waals surface area contributed by atoms with Crippen molar-refractivity contribution in [3.8, 4) is 0 Å². The van der Waals surface area contributed by atoms with Crippen molar-refractivity contribution in [2.75, 3.05) is 13.1 Å². The fourth-order valence-corrected chi connectivity index (χ4v) is 3.77. The fourth-order valence-electron chi connectivity index (χ4n) is 2.97. The van der Waals surface area contributed by atoms with E-state index in [4.69, 9.17) is 17.3 Å². The van der Waals surface area contributed by atoms with Crippen molar-refractivity contribution in [1.82, 2.24) is 4.90 Å². The van der Waals surface area contributed by atoms with Crippen molar-refractivity contribution in [3.05, 3.63) is 33.3 Å². The molecule has 1 aliphatic heterocycles. The maximum absolute atomic E-state index is 6.39. The summed E-state index contributed by atoms with van der Waals surface area (Å²) in [6, 6.07) is 6.89. The van der Waals surface area contributed by atoms with E-state index in [-0.39, 0.29) is 6.04 Å². The Labute approximate surface area is 129 Å². The Kier molecular flexibility index (Phi) is 5.29. The van der Waals surface area contributed by atoms with Crippen LogP contribution in [0.1, 0.15) is 38.3 Å². The van der Waals surface area contributed by atoms with Crippen molar-refractivity contribution in [2.45, 2.75) is 38.8 Å². The van der Waals surface area contributed by atoms with Crippen LogP contribution in [-0.4, -0.2) is 24.0 Å². The summed E-state index contributed by atoms with van der Waals surface area (Å²) in [5.41, 5.74) is 7.18. The Morgan fingerprint density at radius 3 is 2.79 bits per heavy atom. The number of hydrogen-bond donors (Lipinski definition) is 1. The van der Waals surface area contributed by atoms with Crippen LogP contribution in [0.3, 0.4) is 0 Å². The number of rotatable bonds is 3. The Morgan fingerprint density at radius 2 is 2.16 bits per heavy atom. The maximum Gasteiger partial charge on any atom is 0.0488 e. The lowest BCUT2D eigenvalue weighted by molar-refractivity contribution is 0.0798. The summed E-state index contributed by atoms with van der Waals surface area (Å²) in [5.74, 6) is 0.736. The summed E-state index contributed by atoms with van der Waals surface area (Å²) in [5, 5.41) is 0.801. The van der Waals surface area contributed by atoms with Gasteiger partial charge in [0, 0.05) is 34.7 Å². The molecule has 1 aromatic rings. The number of likely N-dealkylation sites (tertiary alicyclic amines) is 1. The molecule has 3 atom stereocenters. The second-order valence-electron chi connectivity index (χ2n) is 5.65. The predicted octanol–water partition coefficient (Wildman–Crippen LogP) is 4.22. The Balaban J connectivity index is 2.27. The minimum Gasteiger partial charge on any atom is -0.329 e. The third-order valence-electron chi connectivity index (χ3n) is 4.11. The lowest BCUT2D eigenvalue weighted by atomic mass is 9.91. The van der Waals surface area contributed by atoms with Gasteiger partial charge in [0.1, 0.15) is 0 Å². The van der Waals surface area contributed by atoms with Crippen LogP contribution in [0.2, 0.25) is 5.02 Å². The summed E-state index contributed by atoms with van der Waals surface area (Å²) >= 11 is 9.85. The zero-order valence-electron chi connectivity index (χ0n) is 11.6. The Hall–Kier alpha value is -0.0900. The molecule has 0 amide bonds. The van der Waals surface area contributed by atoms with Gasteiger partial charge in [-0.15, -0.1) is 0 Å². The van der Waals surface area contributed by atoms with Crippen LogP contribution in [0.5, 0.6) is 0 Å². The molecule has 4 heteroatoms. The Morgan fingerprint density at radius 1 is 1.42 bits per heavy atom. The lowest BCUT2D eigenvalue weighted by Gasteiger charge is -2.42. The van der Waals surface area contributed by atoms with Gasteiger partial charge in [-0.1, -0.05) is 40.5 Å². The van der Waals surface area contributed by atoms with Gasteiger partial charge >= 0.3 is 0 Å². The number of halogens is 2. The second-order valence-corrected chi connectivity index (χ2v) is 6.97. The third-order valence-corrected chi connectivity index (χ3v) is 4.93. The van der Waals surface area contributed by atoms with Gasteiger partial charge in [0.25, 0.3) is 0 Å². The molecule has 0 spiro atoms. The van der Waals surface area contributed by atoms with E-state index in [1.165, 1.54) is 12.8 Å². The van der Waals surface area contributed by atoms with E-state index < -0.39 is 0 Å². The minimum absolute atomic E-state index is 0.221. The van der Waals surface area contributed by atoms with E-state index in [0.717, 1.165) is 27.5 Å². The van der Waals surface area contributed by atoms with Gasteiger partial charge in [0.2, 0.25) is 0 Å². The van der Waals surface area contributed by atoms with Crippen LogP contribution in [0.4, 0.5) is 0 Å². The van der Waals surface area contributed by atoms with Crippen LogP contribution in [0.25, 0.3) is 0 Å². The highest BCUT2D eigenvalue weighted by Gasteiger charge is 2.30. The third kappa shape index (κ3) is 3.52. The van der Waals surface area contributed by atoms with Crippen molar-refractivity contribution in [2.24, 2.45) is 11.7 Å². The highest BCUT2D eigenvalue weighted by molar-refractivity contribution is 9.10. The average Bonchev–Trinajstić information content (AvgIpc) is 2.36. The molecule has 0 aromatic heterocycles. The van der Waals surface area contributed by atoms with Crippen LogP contribution >= 0.6 is 27.5 Å². The molecule has 1 fully saturated rings. The maximum atomic E-state index is 6.39. The topological polar surface area (TPSA) is 29.3 Å². The monoisotopic (exact) mass is 344 g/mol. The molecule has 1 aliphatic rings. The van der Waals surface area contributed by atoms with Gasteiger partial charge < -0.3 is 5.73 Å². The summed E-state index contributed by atoms with van der Waals surface area (Å²) in [6.07, 6.45) is 2.55. The quantitative estimate of drug-likeness (QED) is 0.888. The van der Waals surface area contributed by atoms with Gasteiger partial charge in [-0.05, 0) is 43.4 Å². The van der Waals surface area contributed by atoms with Gasteiger partial charge in [-0.3, -0.25) is 4.90 Å². The normalized spacial score (nSPS) is 26.4. The van der Waals surface area contributed by atoms with Crippen molar-refractivity contribution < 1.29 is 0 Å². The van der Waals surface area contributed by atoms with Crippen LogP contribution < -0.4 is 5.73 Å². The Bertz CT molecular complexity index is 438. The van der Waals surface area contributed by atoms with E-state index in [1.807, 2.05) is 12.1 Å². The molecule has 0 bridgehead atoms. The molecule has 19 heavy (non-hydrogen) atoms. The predicted molar refractivity (Wildman–Crippen MR) is 85.5 cm³/mol. The summed E-state index contributed by atoms with van der Waals surface area (Å²) in [6.45, 7) is 6.32. The first-order valence-corrected chi connectivity index (χ1v) is 8.10. The molecule has 1 heterocycles. The molecule has 0 aliphatic carbocycles. The first kappa shape index (κ1) is 15.3. The fraction of sp³-hybridized carbons (Fsp3) is 0.600. The van der Waals surface area contributed by atoms with Crippen molar-refractivity contribution >= 4 is 27.5 Å². The van der Waals surface area contributed by atoms with Crippen LogP contribution in [-0.2, 0) is 0 Å². The number of piperidine rings is 1. The number of nitrogens with two attached hydrogens (primary N) is 1. The van der Waals surface area contributed by atoms with E-state index in [2.05, 4.69) is 40.7 Å². The van der Waals surface area contributed by atoms with E-state index in [9.17, 15) is 0 Å². The first-order chi connectivity index (χ1) is 9.02. The molecule has 3 unspecified atom stereocenters. The van der Waals surface area contributed by atoms with Gasteiger partial charge in [-0.25, -0.2) is 0 Å². The minimum atomic E-state index is 0.221. The largest absolute Gasteiger partial charge is 0.329 e. The summed E-state index contributed by atoms with van der Waals surface area (Å²) in [7, 11) is 0. The molecular weight excluding hydrogens is 324 g/mol. The number of nitrogens with zero attached hydrogens (tertiary/aromatic N) is 1. The molecule has 1 saturated heterocycles. The molecule has 0 radical (unpaired) electrons. The zero-order chi connectivity index (χ0) is 14.0. The highest BCUT2D eigenvalue weighted by atomic mass is 79.9. The number of benzene rings is 1. The standard InChI is InChI=1S/C15H22BrClN2/c1-10-3-4-11(2)19(9-10)15(8-18)13-6-5-12(16)7-14(13)17/h5-7,10-11,15H,3-4,8-9,18H2,1-2H3. The summed E-state index contributed by atoms with van der Waals surface area (Å²) < 4.78 is 1.01. The SMILES string of the molecule is CC1CCC(C)N(C(CN)c2ccc(Br)cc2Cl)C1. The molecule has 1 aromatic carbocycles. The molecule has 0 saturated carbocycles. The molecule has 106 valence electrons. The summed E-state index contributed by atoms with van der Waals surface area (Å²) in [4.78, 5) is 2.52. The zero-order valence-corrected chi connectivity index (χ0v) is 13.9. The molecule has 2 nitrogen and oxygen atoms in total. The van der Waals surface area contributed by atoms with Gasteiger partial charge in [0.15, 0.2) is 0 Å².